The van der Waals surface area contributed by atoms with E-state index < -0.39 is 0 Å². The van der Waals surface area contributed by atoms with Crippen molar-refractivity contribution in [2.75, 3.05) is 14.2 Å². The Morgan fingerprint density at radius 2 is 2.20 bits per heavy atom. The topological polar surface area (TPSA) is 35.5 Å². The third kappa shape index (κ3) is 3.85. The van der Waals surface area contributed by atoms with Crippen LogP contribution in [0, 0.1) is 0 Å². The number of rotatable bonds is 4. The van der Waals surface area contributed by atoms with Crippen LogP contribution in [-0.2, 0) is 9.53 Å². The summed E-state index contributed by atoms with van der Waals surface area (Å²) in [6, 6.07) is 7.61. The highest BCUT2D eigenvalue weighted by Gasteiger charge is 1.95. The number of carbonyl (C=O) groups excluding carboxylic acids is 1. The van der Waals surface area contributed by atoms with E-state index in [0.717, 1.165) is 11.3 Å². The van der Waals surface area contributed by atoms with Crippen LogP contribution in [-0.4, -0.2) is 20.2 Å². The minimum absolute atomic E-state index is 0.242. The monoisotopic (exact) mass is 206 g/mol. The van der Waals surface area contributed by atoms with Crippen molar-refractivity contribution in [1.82, 2.24) is 0 Å². The lowest BCUT2D eigenvalue weighted by molar-refractivity contribution is -0.139. The summed E-state index contributed by atoms with van der Waals surface area (Å²) < 4.78 is 9.60. The molecule has 0 N–H and O–H groups in total. The number of carbonyl (C=O) groups is 1. The van der Waals surface area contributed by atoms with E-state index in [0.29, 0.717) is 0 Å². The predicted molar refractivity (Wildman–Crippen MR) is 58.7 cm³/mol. The highest BCUT2D eigenvalue weighted by molar-refractivity contribution is 5.72. The maximum absolute atomic E-state index is 10.8. The predicted octanol–water partition coefficient (Wildman–Crippen LogP) is 2.27. The van der Waals surface area contributed by atoms with Crippen molar-refractivity contribution in [3.05, 3.63) is 35.9 Å². The average molecular weight is 206 g/mol. The number of hydrogen-bond donors (Lipinski definition) is 0. The summed E-state index contributed by atoms with van der Waals surface area (Å²) in [7, 11) is 3.00. The maximum Gasteiger partial charge on any atom is 0.309 e. The Morgan fingerprint density at radius 1 is 1.40 bits per heavy atom. The van der Waals surface area contributed by atoms with Crippen LogP contribution in [0.2, 0.25) is 0 Å². The normalized spacial score (nSPS) is 10.3. The molecule has 1 aromatic carbocycles. The van der Waals surface area contributed by atoms with Crippen molar-refractivity contribution >= 4 is 12.0 Å². The second kappa shape index (κ2) is 5.86. The van der Waals surface area contributed by atoms with Gasteiger partial charge in [0.15, 0.2) is 0 Å². The third-order valence-electron chi connectivity index (χ3n) is 1.92. The Labute approximate surface area is 89.3 Å². The fourth-order valence-corrected chi connectivity index (χ4v) is 1.12. The fourth-order valence-electron chi connectivity index (χ4n) is 1.12. The molecule has 0 bridgehead atoms. The first kappa shape index (κ1) is 11.3. The summed E-state index contributed by atoms with van der Waals surface area (Å²) in [6.07, 6.45) is 3.91. The molecule has 15 heavy (non-hydrogen) atoms. The molecule has 0 unspecified atom stereocenters. The molecule has 0 aromatic heterocycles. The molecular formula is C12H14O3. The lowest BCUT2D eigenvalue weighted by atomic mass is 10.2. The third-order valence-corrected chi connectivity index (χ3v) is 1.92. The van der Waals surface area contributed by atoms with Crippen LogP contribution in [0.4, 0.5) is 0 Å². The van der Waals surface area contributed by atoms with Gasteiger partial charge in [0.25, 0.3) is 0 Å². The van der Waals surface area contributed by atoms with E-state index in [2.05, 4.69) is 4.74 Å². The van der Waals surface area contributed by atoms with E-state index >= 15 is 0 Å². The first-order valence-electron chi connectivity index (χ1n) is 4.63. The molecular weight excluding hydrogens is 192 g/mol. The average Bonchev–Trinajstić information content (AvgIpc) is 2.29. The van der Waals surface area contributed by atoms with Crippen LogP contribution >= 0.6 is 0 Å². The largest absolute Gasteiger partial charge is 0.497 e. The van der Waals surface area contributed by atoms with Gasteiger partial charge in [-0.3, -0.25) is 4.79 Å². The summed E-state index contributed by atoms with van der Waals surface area (Å²) in [5.74, 6) is 0.560. The molecule has 0 atom stereocenters. The number of hydrogen-bond acceptors (Lipinski definition) is 3. The summed E-state index contributed by atoms with van der Waals surface area (Å²) in [6.45, 7) is 0. The molecule has 3 nitrogen and oxygen atoms in total. The zero-order chi connectivity index (χ0) is 11.1. The minimum Gasteiger partial charge on any atom is -0.497 e. The van der Waals surface area contributed by atoms with Gasteiger partial charge >= 0.3 is 5.97 Å². The van der Waals surface area contributed by atoms with Crippen LogP contribution < -0.4 is 4.74 Å². The fraction of sp³-hybridized carbons (Fsp3) is 0.250. The Balaban J connectivity index is 2.59. The zero-order valence-electron chi connectivity index (χ0n) is 8.90. The number of benzene rings is 1. The van der Waals surface area contributed by atoms with Gasteiger partial charge in [-0.15, -0.1) is 0 Å². The van der Waals surface area contributed by atoms with Crippen LogP contribution in [0.15, 0.2) is 30.3 Å². The Hall–Kier alpha value is -1.77. The second-order valence-corrected chi connectivity index (χ2v) is 2.96. The van der Waals surface area contributed by atoms with Gasteiger partial charge in [-0.05, 0) is 17.7 Å². The molecule has 0 fully saturated rings. The van der Waals surface area contributed by atoms with E-state index in [9.17, 15) is 4.79 Å². The first-order chi connectivity index (χ1) is 7.26. The van der Waals surface area contributed by atoms with Gasteiger partial charge < -0.3 is 9.47 Å². The first-order valence-corrected chi connectivity index (χ1v) is 4.63. The Kier molecular flexibility index (Phi) is 4.41. The van der Waals surface area contributed by atoms with Crippen molar-refractivity contribution in [2.24, 2.45) is 0 Å². The summed E-state index contributed by atoms with van der Waals surface area (Å²) in [4.78, 5) is 10.8. The highest BCUT2D eigenvalue weighted by atomic mass is 16.5. The van der Waals surface area contributed by atoms with Gasteiger partial charge in [-0.1, -0.05) is 24.3 Å². The van der Waals surface area contributed by atoms with E-state index in [4.69, 9.17) is 4.74 Å². The van der Waals surface area contributed by atoms with Crippen LogP contribution in [0.1, 0.15) is 12.0 Å². The second-order valence-electron chi connectivity index (χ2n) is 2.96. The molecule has 0 aliphatic rings. The van der Waals surface area contributed by atoms with Gasteiger partial charge in [-0.2, -0.15) is 0 Å². The van der Waals surface area contributed by atoms with Gasteiger partial charge in [0.2, 0.25) is 0 Å². The lowest BCUT2D eigenvalue weighted by Crippen LogP contribution is -1.96. The summed E-state index contributed by atoms with van der Waals surface area (Å²) >= 11 is 0. The molecule has 0 saturated heterocycles. The van der Waals surface area contributed by atoms with Gasteiger partial charge in [-0.25, -0.2) is 0 Å². The van der Waals surface area contributed by atoms with E-state index in [1.54, 1.807) is 13.2 Å². The molecule has 0 spiro atoms. The zero-order valence-corrected chi connectivity index (χ0v) is 8.90. The minimum atomic E-state index is -0.242. The van der Waals surface area contributed by atoms with E-state index in [-0.39, 0.29) is 12.4 Å². The van der Waals surface area contributed by atoms with Crippen LogP contribution in [0.5, 0.6) is 5.75 Å². The number of esters is 1. The van der Waals surface area contributed by atoms with Crippen molar-refractivity contribution in [1.29, 1.82) is 0 Å². The molecule has 0 heterocycles. The molecule has 1 rings (SSSR count). The van der Waals surface area contributed by atoms with E-state index in [1.165, 1.54) is 7.11 Å². The summed E-state index contributed by atoms with van der Waals surface area (Å²) in [5.41, 5.74) is 0.998. The van der Waals surface area contributed by atoms with Crippen molar-refractivity contribution in [3.63, 3.8) is 0 Å². The van der Waals surface area contributed by atoms with Crippen molar-refractivity contribution < 1.29 is 14.3 Å². The summed E-state index contributed by atoms with van der Waals surface area (Å²) in [5, 5.41) is 0. The standard InChI is InChI=1S/C12H14O3/c1-14-11-7-3-5-10(9-11)6-4-8-12(13)15-2/h3-7,9H,8H2,1-2H3. The highest BCUT2D eigenvalue weighted by Crippen LogP contribution is 2.13. The molecule has 0 amide bonds. The SMILES string of the molecule is COC(=O)CC=Cc1cccc(OC)c1. The van der Waals surface area contributed by atoms with Gasteiger partial charge in [0.05, 0.1) is 20.6 Å². The van der Waals surface area contributed by atoms with Crippen molar-refractivity contribution in [2.45, 2.75) is 6.42 Å². The molecule has 80 valence electrons. The lowest BCUT2D eigenvalue weighted by Gasteiger charge is -1.99. The van der Waals surface area contributed by atoms with Gasteiger partial charge in [0, 0.05) is 0 Å². The van der Waals surface area contributed by atoms with Crippen LogP contribution in [0.25, 0.3) is 6.08 Å². The quantitative estimate of drug-likeness (QED) is 0.709. The molecule has 3 heteroatoms. The molecule has 1 aromatic rings. The Bertz CT molecular complexity index is 356. The molecule has 0 aliphatic carbocycles. The van der Waals surface area contributed by atoms with E-state index in [1.807, 2.05) is 30.3 Å². The molecule has 0 radical (unpaired) electrons. The van der Waals surface area contributed by atoms with Crippen molar-refractivity contribution in [3.8, 4) is 5.75 Å². The van der Waals surface area contributed by atoms with Crippen LogP contribution in [0.3, 0.4) is 0 Å². The number of ether oxygens (including phenoxy) is 2. The van der Waals surface area contributed by atoms with Gasteiger partial charge in [0.1, 0.15) is 5.75 Å². The number of methoxy groups -OCH3 is 2. The Morgan fingerprint density at radius 3 is 2.87 bits per heavy atom. The molecule has 0 aliphatic heterocycles. The molecule has 0 saturated carbocycles. The smallest absolute Gasteiger partial charge is 0.309 e. The maximum atomic E-state index is 10.8.